The summed E-state index contributed by atoms with van der Waals surface area (Å²) in [5.41, 5.74) is 8.10. The van der Waals surface area contributed by atoms with E-state index in [-0.39, 0.29) is 0 Å². The van der Waals surface area contributed by atoms with Crippen LogP contribution in [0, 0.1) is 0 Å². The van der Waals surface area contributed by atoms with Crippen molar-refractivity contribution in [1.29, 1.82) is 0 Å². The van der Waals surface area contributed by atoms with Crippen LogP contribution in [-0.4, -0.2) is 19.7 Å². The van der Waals surface area contributed by atoms with E-state index in [0.717, 1.165) is 5.56 Å². The minimum Gasteiger partial charge on any atom is -0.384 e. The Balaban J connectivity index is 2.13. The summed E-state index contributed by atoms with van der Waals surface area (Å²) >= 11 is 12.1. The van der Waals surface area contributed by atoms with E-state index in [9.17, 15) is 0 Å². The third kappa shape index (κ3) is 2.84. The number of halogens is 2. The molecule has 0 aliphatic heterocycles. The second kappa shape index (κ2) is 5.35. The fourth-order valence-electron chi connectivity index (χ4n) is 1.96. The molecule has 3 aromatic rings. The molecule has 0 saturated carbocycles. The van der Waals surface area contributed by atoms with Gasteiger partial charge in [0.1, 0.15) is 5.82 Å². The molecule has 0 saturated heterocycles. The van der Waals surface area contributed by atoms with E-state index in [1.54, 1.807) is 35.1 Å². The number of aromatic nitrogens is 4. The minimum atomic E-state index is 0.366. The number of nitrogens with zero attached hydrogens (tertiary/aromatic N) is 4. The molecule has 0 unspecified atom stereocenters. The van der Waals surface area contributed by atoms with Gasteiger partial charge in [-0.15, -0.1) is 0 Å². The van der Waals surface area contributed by atoms with Crippen LogP contribution in [0.4, 0.5) is 5.82 Å². The molecule has 0 atom stereocenters. The molecular formula is C14H11Cl2N5. The van der Waals surface area contributed by atoms with Crippen LogP contribution >= 0.6 is 23.2 Å². The second-order valence-electron chi connectivity index (χ2n) is 4.53. The van der Waals surface area contributed by atoms with E-state index in [0.29, 0.717) is 32.9 Å². The van der Waals surface area contributed by atoms with Crippen molar-refractivity contribution in [3.8, 4) is 22.6 Å². The predicted molar refractivity (Wildman–Crippen MR) is 84.1 cm³/mol. The molecule has 0 radical (unpaired) electrons. The Morgan fingerprint density at radius 1 is 1.14 bits per heavy atom. The molecular weight excluding hydrogens is 309 g/mol. The molecule has 0 amide bonds. The maximum absolute atomic E-state index is 6.20. The lowest BCUT2D eigenvalue weighted by Crippen LogP contribution is -1.98. The standard InChI is InChI=1S/C14H11Cl2N5/c1-21-7-8(6-18-21)12-5-13(17)20-14(19-12)10-3-2-9(15)4-11(10)16/h2-7H,1H3,(H2,17,19,20). The van der Waals surface area contributed by atoms with Crippen molar-refractivity contribution in [1.82, 2.24) is 19.7 Å². The number of hydrogen-bond donors (Lipinski definition) is 1. The third-order valence-corrected chi connectivity index (χ3v) is 3.47. The molecule has 2 N–H and O–H groups in total. The second-order valence-corrected chi connectivity index (χ2v) is 5.37. The van der Waals surface area contributed by atoms with Gasteiger partial charge in [-0.1, -0.05) is 23.2 Å². The quantitative estimate of drug-likeness (QED) is 0.785. The fraction of sp³-hybridized carbons (Fsp3) is 0.0714. The Morgan fingerprint density at radius 2 is 1.95 bits per heavy atom. The van der Waals surface area contributed by atoms with Crippen molar-refractivity contribution in [2.75, 3.05) is 5.73 Å². The zero-order valence-corrected chi connectivity index (χ0v) is 12.6. The van der Waals surface area contributed by atoms with Crippen molar-refractivity contribution < 1.29 is 0 Å². The van der Waals surface area contributed by atoms with Gasteiger partial charge in [0.25, 0.3) is 0 Å². The minimum absolute atomic E-state index is 0.366. The highest BCUT2D eigenvalue weighted by Gasteiger charge is 2.11. The van der Waals surface area contributed by atoms with Gasteiger partial charge in [-0.25, -0.2) is 9.97 Å². The smallest absolute Gasteiger partial charge is 0.163 e. The first-order valence-electron chi connectivity index (χ1n) is 6.12. The molecule has 7 heteroatoms. The SMILES string of the molecule is Cn1cc(-c2cc(N)nc(-c3ccc(Cl)cc3Cl)n2)cn1. The zero-order chi connectivity index (χ0) is 15.0. The summed E-state index contributed by atoms with van der Waals surface area (Å²) in [7, 11) is 1.84. The summed E-state index contributed by atoms with van der Waals surface area (Å²) in [6.45, 7) is 0. The average Bonchev–Trinajstić information content (AvgIpc) is 2.84. The van der Waals surface area contributed by atoms with Crippen LogP contribution in [0.25, 0.3) is 22.6 Å². The highest BCUT2D eigenvalue weighted by Crippen LogP contribution is 2.30. The van der Waals surface area contributed by atoms with Gasteiger partial charge < -0.3 is 5.73 Å². The predicted octanol–water partition coefficient (Wildman–Crippen LogP) is 3.43. The van der Waals surface area contributed by atoms with Crippen LogP contribution in [0.3, 0.4) is 0 Å². The average molecular weight is 320 g/mol. The molecule has 0 aliphatic rings. The summed E-state index contributed by atoms with van der Waals surface area (Å²) in [6.07, 6.45) is 3.57. The summed E-state index contributed by atoms with van der Waals surface area (Å²) in [6, 6.07) is 6.85. The first kappa shape index (κ1) is 13.9. The van der Waals surface area contributed by atoms with E-state index < -0.39 is 0 Å². The molecule has 2 heterocycles. The van der Waals surface area contributed by atoms with Gasteiger partial charge in [0.2, 0.25) is 0 Å². The molecule has 106 valence electrons. The van der Waals surface area contributed by atoms with Gasteiger partial charge in [0.05, 0.1) is 16.9 Å². The Morgan fingerprint density at radius 3 is 2.62 bits per heavy atom. The monoisotopic (exact) mass is 319 g/mol. The number of anilines is 1. The van der Waals surface area contributed by atoms with E-state index in [2.05, 4.69) is 15.1 Å². The van der Waals surface area contributed by atoms with Gasteiger partial charge in [0.15, 0.2) is 5.82 Å². The van der Waals surface area contributed by atoms with E-state index in [1.165, 1.54) is 0 Å². The molecule has 0 spiro atoms. The van der Waals surface area contributed by atoms with Crippen molar-refractivity contribution in [3.63, 3.8) is 0 Å². The maximum atomic E-state index is 6.20. The molecule has 0 bridgehead atoms. The van der Waals surface area contributed by atoms with Gasteiger partial charge in [-0.3, -0.25) is 4.68 Å². The van der Waals surface area contributed by atoms with Gasteiger partial charge in [0, 0.05) is 35.5 Å². The summed E-state index contributed by atoms with van der Waals surface area (Å²) in [5.74, 6) is 0.820. The van der Waals surface area contributed by atoms with Crippen molar-refractivity contribution in [3.05, 3.63) is 46.7 Å². The Labute approximate surface area is 131 Å². The summed E-state index contributed by atoms with van der Waals surface area (Å²) in [5, 5.41) is 5.16. The van der Waals surface area contributed by atoms with Gasteiger partial charge >= 0.3 is 0 Å². The maximum Gasteiger partial charge on any atom is 0.163 e. The largest absolute Gasteiger partial charge is 0.384 e. The van der Waals surface area contributed by atoms with Crippen molar-refractivity contribution in [2.45, 2.75) is 0 Å². The fourth-order valence-corrected chi connectivity index (χ4v) is 2.45. The Kier molecular flexibility index (Phi) is 3.53. The summed E-state index contributed by atoms with van der Waals surface area (Å²) < 4.78 is 1.70. The zero-order valence-electron chi connectivity index (χ0n) is 11.1. The number of benzene rings is 1. The van der Waals surface area contributed by atoms with E-state index in [1.807, 2.05) is 13.2 Å². The van der Waals surface area contributed by atoms with Crippen molar-refractivity contribution in [2.24, 2.45) is 7.05 Å². The molecule has 1 aromatic carbocycles. The van der Waals surface area contributed by atoms with E-state index >= 15 is 0 Å². The van der Waals surface area contributed by atoms with Gasteiger partial charge in [-0.2, -0.15) is 5.10 Å². The summed E-state index contributed by atoms with van der Waals surface area (Å²) in [4.78, 5) is 8.74. The molecule has 0 aliphatic carbocycles. The normalized spacial score (nSPS) is 10.8. The third-order valence-electron chi connectivity index (χ3n) is 2.92. The molecule has 5 nitrogen and oxygen atoms in total. The number of nitrogens with two attached hydrogens (primary N) is 1. The van der Waals surface area contributed by atoms with Crippen LogP contribution in [-0.2, 0) is 7.05 Å². The van der Waals surface area contributed by atoms with Crippen LogP contribution < -0.4 is 5.73 Å². The lowest BCUT2D eigenvalue weighted by Gasteiger charge is -2.06. The highest BCUT2D eigenvalue weighted by molar-refractivity contribution is 6.36. The topological polar surface area (TPSA) is 69.6 Å². The number of aryl methyl sites for hydroxylation is 1. The highest BCUT2D eigenvalue weighted by atomic mass is 35.5. The van der Waals surface area contributed by atoms with Crippen LogP contribution in [0.5, 0.6) is 0 Å². The number of rotatable bonds is 2. The van der Waals surface area contributed by atoms with Crippen LogP contribution in [0.15, 0.2) is 36.7 Å². The van der Waals surface area contributed by atoms with E-state index in [4.69, 9.17) is 28.9 Å². The molecule has 3 rings (SSSR count). The van der Waals surface area contributed by atoms with Crippen molar-refractivity contribution >= 4 is 29.0 Å². The lowest BCUT2D eigenvalue weighted by atomic mass is 10.2. The Bertz CT molecular complexity index is 813. The first-order chi connectivity index (χ1) is 10.0. The Hall–Kier alpha value is -2.11. The first-order valence-corrected chi connectivity index (χ1v) is 6.87. The molecule has 2 aromatic heterocycles. The molecule has 21 heavy (non-hydrogen) atoms. The number of hydrogen-bond acceptors (Lipinski definition) is 4. The van der Waals surface area contributed by atoms with Crippen LogP contribution in [0.1, 0.15) is 0 Å². The van der Waals surface area contributed by atoms with Crippen LogP contribution in [0.2, 0.25) is 10.0 Å². The number of nitrogen functional groups attached to an aromatic ring is 1. The van der Waals surface area contributed by atoms with Gasteiger partial charge in [-0.05, 0) is 18.2 Å². The lowest BCUT2D eigenvalue weighted by molar-refractivity contribution is 0.768. The molecule has 0 fully saturated rings.